The van der Waals surface area contributed by atoms with E-state index in [4.69, 9.17) is 0 Å². The van der Waals surface area contributed by atoms with Crippen molar-refractivity contribution in [2.75, 3.05) is 0 Å². The van der Waals surface area contributed by atoms with E-state index in [0.29, 0.717) is 0 Å². The molecule has 0 atom stereocenters. The van der Waals surface area contributed by atoms with E-state index in [0.717, 1.165) is 0 Å². The SMILES string of the molecule is C[Si](C)(C)c1cc[c-]([Si](C)(C)C)c1.O=C([O-])c1ccccc1.O=C([O-])c1ccccc1.O=C([O-])c1ccccc1.[Ti+4]. The molecule has 0 aliphatic heterocycles. The zero-order valence-electron chi connectivity index (χ0n) is 24.3. The van der Waals surface area contributed by atoms with Crippen molar-refractivity contribution in [3.05, 3.63) is 126 Å². The summed E-state index contributed by atoms with van der Waals surface area (Å²) < 4.78 is 0. The van der Waals surface area contributed by atoms with Gasteiger partial charge in [-0.25, -0.2) is 11.3 Å². The molecule has 4 aromatic carbocycles. The van der Waals surface area contributed by atoms with Crippen LogP contribution in [0.25, 0.3) is 0 Å². The number of carboxylic acid groups (broad SMARTS) is 3. The minimum absolute atomic E-state index is 0. The van der Waals surface area contributed by atoms with Crippen LogP contribution in [0.5, 0.6) is 0 Å². The average Bonchev–Trinajstić information content (AvgIpc) is 3.44. The minimum atomic E-state index is -1.13. The molecule has 0 bridgehead atoms. The summed E-state index contributed by atoms with van der Waals surface area (Å²) >= 11 is 0. The number of carboxylic acids is 3. The second kappa shape index (κ2) is 18.1. The molecule has 4 rings (SSSR count). The average molecular weight is 621 g/mol. The molecule has 0 saturated heterocycles. The van der Waals surface area contributed by atoms with Gasteiger partial charge >= 0.3 is 21.7 Å². The van der Waals surface area contributed by atoms with Gasteiger partial charge < -0.3 is 29.7 Å². The Morgan fingerprint density at radius 3 is 0.976 bits per heavy atom. The van der Waals surface area contributed by atoms with Gasteiger partial charge in [0.15, 0.2) is 0 Å². The first-order chi connectivity index (χ1) is 18.6. The van der Waals surface area contributed by atoms with E-state index in [9.17, 15) is 29.7 Å². The molecule has 0 saturated carbocycles. The third kappa shape index (κ3) is 15.2. The molecule has 0 aromatic heterocycles. The quantitative estimate of drug-likeness (QED) is 0.250. The Morgan fingerprint density at radius 2 is 0.829 bits per heavy atom. The summed E-state index contributed by atoms with van der Waals surface area (Å²) in [5, 5.41) is 33.5. The molecule has 0 heterocycles. The molecular weight excluding hydrogens is 584 g/mol. The Bertz CT molecular complexity index is 1180. The first-order valence-corrected chi connectivity index (χ1v) is 19.7. The van der Waals surface area contributed by atoms with Crippen LogP contribution in [0, 0.1) is 0 Å². The van der Waals surface area contributed by atoms with Crippen molar-refractivity contribution in [2.45, 2.75) is 39.3 Å². The van der Waals surface area contributed by atoms with Crippen LogP contribution in [0.1, 0.15) is 31.1 Å². The summed E-state index contributed by atoms with van der Waals surface area (Å²) in [5.41, 5.74) is 0.660. The number of benzene rings is 3. The largest absolute Gasteiger partial charge is 4.00 e. The van der Waals surface area contributed by atoms with E-state index in [1.807, 2.05) is 0 Å². The topological polar surface area (TPSA) is 120 Å². The van der Waals surface area contributed by atoms with Gasteiger partial charge in [0.05, 0.1) is 17.9 Å². The monoisotopic (exact) mass is 620 g/mol. The Morgan fingerprint density at radius 1 is 0.537 bits per heavy atom. The maximum absolute atomic E-state index is 10.1. The Hall–Kier alpha value is -3.43. The van der Waals surface area contributed by atoms with Crippen molar-refractivity contribution in [3.8, 4) is 0 Å². The molecule has 0 radical (unpaired) electrons. The first kappa shape index (κ1) is 37.6. The third-order valence-electron chi connectivity index (χ3n) is 5.51. The second-order valence-corrected chi connectivity index (χ2v) is 21.0. The van der Waals surface area contributed by atoms with E-state index >= 15 is 0 Å². The molecule has 4 aromatic rings. The summed E-state index contributed by atoms with van der Waals surface area (Å²) in [5.74, 6) is -3.39. The van der Waals surface area contributed by atoms with E-state index in [1.54, 1.807) is 65.0 Å². The molecule has 9 heteroatoms. The van der Waals surface area contributed by atoms with E-state index in [2.05, 4.69) is 57.5 Å². The van der Waals surface area contributed by atoms with Crippen molar-refractivity contribution in [1.82, 2.24) is 0 Å². The van der Waals surface area contributed by atoms with Gasteiger partial charge in [-0.05, 0) is 16.7 Å². The molecule has 0 unspecified atom stereocenters. The van der Waals surface area contributed by atoms with E-state index in [1.165, 1.54) is 36.4 Å². The van der Waals surface area contributed by atoms with Gasteiger partial charge in [0, 0.05) is 16.1 Å². The summed E-state index contributed by atoms with van der Waals surface area (Å²) in [4.78, 5) is 30.3. The van der Waals surface area contributed by atoms with Gasteiger partial charge in [-0.15, -0.1) is 0 Å². The molecule has 0 spiro atoms. The normalized spacial score (nSPS) is 10.1. The van der Waals surface area contributed by atoms with Crippen molar-refractivity contribution in [1.29, 1.82) is 0 Å². The van der Waals surface area contributed by atoms with Crippen LogP contribution >= 0.6 is 0 Å². The smallest absolute Gasteiger partial charge is 0.545 e. The van der Waals surface area contributed by atoms with Gasteiger partial charge in [0.1, 0.15) is 0 Å². The van der Waals surface area contributed by atoms with Crippen molar-refractivity contribution in [3.63, 3.8) is 0 Å². The molecule has 0 amide bonds. The van der Waals surface area contributed by atoms with Gasteiger partial charge in [-0.2, -0.15) is 17.3 Å². The number of carbonyl (C=O) groups is 3. The fraction of sp³-hybridized carbons (Fsp3) is 0.188. The molecular formula is C32H36O6Si2Ti. The standard InChI is InChI=1S/C11H21Si2.3C7H6O2.Ti/c1-12(2,3)10-7-8-11(9-10)13(4,5)6;3*8-7(9)6-4-2-1-3-5-6;/h7-9H,1-6H3;3*1-5H,(H,8,9);/q-1;;;;+4/p-3. The molecule has 41 heavy (non-hydrogen) atoms. The fourth-order valence-corrected chi connectivity index (χ4v) is 5.59. The van der Waals surface area contributed by atoms with Crippen molar-refractivity contribution in [2.24, 2.45) is 0 Å². The second-order valence-electron chi connectivity index (χ2n) is 10.8. The van der Waals surface area contributed by atoms with Gasteiger partial charge in [0.25, 0.3) is 0 Å². The van der Waals surface area contributed by atoms with Crippen molar-refractivity contribution >= 4 is 44.4 Å². The van der Waals surface area contributed by atoms with Crippen LogP contribution in [0.2, 0.25) is 39.3 Å². The number of rotatable bonds is 5. The van der Waals surface area contributed by atoms with Gasteiger partial charge in [-0.3, -0.25) is 0 Å². The van der Waals surface area contributed by atoms with Crippen molar-refractivity contribution < 1.29 is 51.4 Å². The van der Waals surface area contributed by atoms with Crippen LogP contribution in [-0.2, 0) is 21.7 Å². The Balaban J connectivity index is 0.000000523. The molecule has 0 fully saturated rings. The fourth-order valence-electron chi connectivity index (χ4n) is 3.10. The molecule has 212 valence electrons. The van der Waals surface area contributed by atoms with Crippen LogP contribution in [-0.4, -0.2) is 34.1 Å². The summed E-state index contributed by atoms with van der Waals surface area (Å²) in [6.07, 6.45) is 0. The predicted octanol–water partition coefficient (Wildman–Crippen LogP) is 2.64. The van der Waals surface area contributed by atoms with Gasteiger partial charge in [0.2, 0.25) is 0 Å². The van der Waals surface area contributed by atoms with Crippen LogP contribution in [0.3, 0.4) is 0 Å². The molecule has 6 nitrogen and oxygen atoms in total. The van der Waals surface area contributed by atoms with E-state index < -0.39 is 34.1 Å². The molecule has 0 N–H and O–H groups in total. The minimum Gasteiger partial charge on any atom is -0.545 e. The van der Waals surface area contributed by atoms with E-state index in [-0.39, 0.29) is 38.4 Å². The first-order valence-electron chi connectivity index (χ1n) is 12.7. The van der Waals surface area contributed by atoms with Crippen LogP contribution < -0.4 is 25.7 Å². The molecule has 0 aliphatic rings. The summed E-state index contributed by atoms with van der Waals surface area (Å²) in [6.45, 7) is 14.5. The maximum atomic E-state index is 10.1. The summed E-state index contributed by atoms with van der Waals surface area (Å²) in [7, 11) is -2.14. The Kier molecular flexibility index (Phi) is 16.6. The maximum Gasteiger partial charge on any atom is 4.00 e. The summed E-state index contributed by atoms with van der Waals surface area (Å²) in [6, 6.07) is 31.3. The number of hydrogen-bond acceptors (Lipinski definition) is 6. The van der Waals surface area contributed by atoms with Gasteiger partial charge in [-0.1, -0.05) is 130 Å². The Labute approximate surface area is 260 Å². The third-order valence-corrected chi connectivity index (χ3v) is 9.60. The molecule has 0 aliphatic carbocycles. The zero-order valence-corrected chi connectivity index (χ0v) is 27.9. The van der Waals surface area contributed by atoms with Crippen LogP contribution in [0.4, 0.5) is 0 Å². The van der Waals surface area contributed by atoms with Crippen LogP contribution in [0.15, 0.2) is 109 Å². The number of aromatic carboxylic acids is 3. The number of hydrogen-bond donors (Lipinski definition) is 0. The predicted molar refractivity (Wildman–Crippen MR) is 160 cm³/mol. The number of carbonyl (C=O) groups excluding carboxylic acids is 3. The zero-order chi connectivity index (χ0) is 30.3.